The Morgan fingerprint density at radius 3 is 2.83 bits per heavy atom. The summed E-state index contributed by atoms with van der Waals surface area (Å²) in [6.07, 6.45) is 4.52. The molecule has 0 aliphatic carbocycles. The maximum atomic E-state index is 7.07. The minimum atomic E-state index is -0.00699. The van der Waals surface area contributed by atoms with E-state index in [0.717, 1.165) is 12.0 Å². The SMILES string of the molecule is C=CC(=N)OSc1ncccn1. The molecular formula is C7H7N3OS. The zero-order valence-electron chi connectivity index (χ0n) is 6.23. The van der Waals surface area contributed by atoms with Gasteiger partial charge >= 0.3 is 0 Å². The number of aromatic nitrogens is 2. The van der Waals surface area contributed by atoms with Gasteiger partial charge in [0, 0.05) is 12.4 Å². The average molecular weight is 181 g/mol. The maximum absolute atomic E-state index is 7.07. The summed E-state index contributed by atoms with van der Waals surface area (Å²) in [5.74, 6) is -0.00699. The Labute approximate surface area is 74.4 Å². The molecule has 5 heteroatoms. The second-order valence-corrected chi connectivity index (χ2v) is 2.46. The highest BCUT2D eigenvalue weighted by atomic mass is 32.2. The number of hydrogen-bond acceptors (Lipinski definition) is 5. The van der Waals surface area contributed by atoms with E-state index >= 15 is 0 Å². The molecule has 0 saturated heterocycles. The molecule has 0 aromatic carbocycles. The number of hydrogen-bond donors (Lipinski definition) is 1. The van der Waals surface area contributed by atoms with Crippen LogP contribution in [0.2, 0.25) is 0 Å². The first-order valence-electron chi connectivity index (χ1n) is 3.15. The summed E-state index contributed by atoms with van der Waals surface area (Å²) in [5.41, 5.74) is 0. The number of nitrogens with one attached hydrogen (secondary N) is 1. The van der Waals surface area contributed by atoms with Crippen LogP contribution < -0.4 is 0 Å². The Morgan fingerprint density at radius 2 is 2.25 bits per heavy atom. The lowest BCUT2D eigenvalue weighted by atomic mass is 10.7. The van der Waals surface area contributed by atoms with E-state index in [0.29, 0.717) is 5.16 Å². The van der Waals surface area contributed by atoms with E-state index in [1.165, 1.54) is 6.08 Å². The highest BCUT2D eigenvalue weighted by Crippen LogP contribution is 2.12. The van der Waals surface area contributed by atoms with Gasteiger partial charge in [-0.15, -0.1) is 0 Å². The van der Waals surface area contributed by atoms with Crippen molar-refractivity contribution in [1.82, 2.24) is 9.97 Å². The molecule has 0 bridgehead atoms. The van der Waals surface area contributed by atoms with Gasteiger partial charge in [0.15, 0.2) is 0 Å². The normalized spacial score (nSPS) is 9.00. The molecule has 1 N–H and O–H groups in total. The van der Waals surface area contributed by atoms with Crippen LogP contribution in [0.3, 0.4) is 0 Å². The van der Waals surface area contributed by atoms with Gasteiger partial charge in [0.1, 0.15) is 12.0 Å². The van der Waals surface area contributed by atoms with Crippen molar-refractivity contribution >= 4 is 17.9 Å². The summed E-state index contributed by atoms with van der Waals surface area (Å²) in [4.78, 5) is 7.76. The van der Waals surface area contributed by atoms with Crippen molar-refractivity contribution in [3.63, 3.8) is 0 Å². The molecule has 4 nitrogen and oxygen atoms in total. The van der Waals surface area contributed by atoms with E-state index in [2.05, 4.69) is 16.5 Å². The van der Waals surface area contributed by atoms with Gasteiger partial charge in [-0.3, -0.25) is 5.41 Å². The molecule has 1 rings (SSSR count). The molecule has 12 heavy (non-hydrogen) atoms. The largest absolute Gasteiger partial charge is 0.398 e. The van der Waals surface area contributed by atoms with Crippen LogP contribution in [0.15, 0.2) is 36.3 Å². The molecule has 1 aromatic rings. The lowest BCUT2D eigenvalue weighted by Crippen LogP contribution is -1.92. The Bertz CT molecular complexity index is 275. The molecule has 1 heterocycles. The lowest BCUT2D eigenvalue weighted by Gasteiger charge is -1.97. The van der Waals surface area contributed by atoms with Crippen molar-refractivity contribution in [2.45, 2.75) is 5.16 Å². The fourth-order valence-electron chi connectivity index (χ4n) is 0.445. The number of nitrogens with zero attached hydrogens (tertiary/aromatic N) is 2. The third kappa shape index (κ3) is 2.71. The summed E-state index contributed by atoms with van der Waals surface area (Å²) < 4.78 is 4.83. The molecule has 62 valence electrons. The van der Waals surface area contributed by atoms with Crippen molar-refractivity contribution in [1.29, 1.82) is 5.41 Å². The smallest absolute Gasteiger partial charge is 0.227 e. The van der Waals surface area contributed by atoms with E-state index in [1.807, 2.05) is 0 Å². The van der Waals surface area contributed by atoms with Gasteiger partial charge in [-0.2, -0.15) is 0 Å². The predicted molar refractivity (Wildman–Crippen MR) is 46.9 cm³/mol. The molecule has 1 aromatic heterocycles. The summed E-state index contributed by atoms with van der Waals surface area (Å²) in [6.45, 7) is 3.37. The van der Waals surface area contributed by atoms with E-state index in [1.54, 1.807) is 18.5 Å². The Hall–Kier alpha value is -1.36. The first-order chi connectivity index (χ1) is 5.83. The summed E-state index contributed by atoms with van der Waals surface area (Å²) >= 11 is 0.935. The molecule has 0 atom stereocenters. The molecule has 0 amide bonds. The minimum absolute atomic E-state index is 0.00699. The molecule has 0 aliphatic rings. The Balaban J connectivity index is 2.43. The second-order valence-electron chi connectivity index (χ2n) is 1.77. The van der Waals surface area contributed by atoms with Crippen molar-refractivity contribution in [2.75, 3.05) is 0 Å². The minimum Gasteiger partial charge on any atom is -0.398 e. The van der Waals surface area contributed by atoms with Crippen molar-refractivity contribution in [3.8, 4) is 0 Å². The van der Waals surface area contributed by atoms with Crippen LogP contribution >= 0.6 is 12.0 Å². The van der Waals surface area contributed by atoms with Crippen LogP contribution in [0.1, 0.15) is 0 Å². The topological polar surface area (TPSA) is 58.9 Å². The van der Waals surface area contributed by atoms with Gasteiger partial charge in [0.2, 0.25) is 11.1 Å². The van der Waals surface area contributed by atoms with E-state index in [4.69, 9.17) is 9.59 Å². The lowest BCUT2D eigenvalue weighted by molar-refractivity contribution is 0.636. The molecular weight excluding hydrogens is 174 g/mol. The van der Waals surface area contributed by atoms with Crippen LogP contribution in [-0.4, -0.2) is 15.9 Å². The van der Waals surface area contributed by atoms with Crippen molar-refractivity contribution in [3.05, 3.63) is 31.1 Å². The van der Waals surface area contributed by atoms with Gasteiger partial charge in [-0.05, 0) is 12.1 Å². The molecule has 0 radical (unpaired) electrons. The highest BCUT2D eigenvalue weighted by molar-refractivity contribution is 7.94. The highest BCUT2D eigenvalue weighted by Gasteiger charge is 1.97. The summed E-state index contributed by atoms with van der Waals surface area (Å²) in [5, 5.41) is 7.55. The van der Waals surface area contributed by atoms with Gasteiger partial charge in [0.05, 0.1) is 0 Å². The van der Waals surface area contributed by atoms with Crippen LogP contribution in [-0.2, 0) is 4.18 Å². The monoisotopic (exact) mass is 181 g/mol. The van der Waals surface area contributed by atoms with Crippen LogP contribution in [0.25, 0.3) is 0 Å². The van der Waals surface area contributed by atoms with Gasteiger partial charge in [-0.1, -0.05) is 6.58 Å². The molecule has 0 aliphatic heterocycles. The van der Waals surface area contributed by atoms with E-state index < -0.39 is 0 Å². The fourth-order valence-corrected chi connectivity index (χ4v) is 0.885. The van der Waals surface area contributed by atoms with Crippen molar-refractivity contribution in [2.24, 2.45) is 0 Å². The fraction of sp³-hybridized carbons (Fsp3) is 0. The summed E-state index contributed by atoms with van der Waals surface area (Å²) in [6, 6.07) is 1.71. The molecule has 0 unspecified atom stereocenters. The molecule has 0 fully saturated rings. The van der Waals surface area contributed by atoms with Crippen LogP contribution in [0.5, 0.6) is 0 Å². The zero-order valence-corrected chi connectivity index (χ0v) is 7.04. The van der Waals surface area contributed by atoms with E-state index in [-0.39, 0.29) is 5.90 Å². The van der Waals surface area contributed by atoms with Crippen LogP contribution in [0.4, 0.5) is 0 Å². The molecule has 0 spiro atoms. The van der Waals surface area contributed by atoms with Gasteiger partial charge in [0.25, 0.3) is 0 Å². The predicted octanol–water partition coefficient (Wildman–Crippen LogP) is 1.66. The Morgan fingerprint density at radius 1 is 1.58 bits per heavy atom. The average Bonchev–Trinajstić information content (AvgIpc) is 2.16. The zero-order chi connectivity index (χ0) is 8.81. The third-order valence-corrected chi connectivity index (χ3v) is 1.56. The standard InChI is InChI=1S/C7H7N3OS/c1-2-6(8)11-12-7-9-4-3-5-10-7/h2-5,8H,1H2. The first-order valence-corrected chi connectivity index (χ1v) is 3.89. The molecule has 0 saturated carbocycles. The second kappa shape index (κ2) is 4.50. The quantitative estimate of drug-likeness (QED) is 0.333. The first kappa shape index (κ1) is 8.73. The van der Waals surface area contributed by atoms with Crippen molar-refractivity contribution < 1.29 is 4.18 Å². The van der Waals surface area contributed by atoms with Gasteiger partial charge in [-0.25, -0.2) is 9.97 Å². The third-order valence-electron chi connectivity index (χ3n) is 0.933. The summed E-state index contributed by atoms with van der Waals surface area (Å²) in [7, 11) is 0. The Kier molecular flexibility index (Phi) is 3.28. The van der Waals surface area contributed by atoms with Gasteiger partial charge < -0.3 is 4.18 Å². The van der Waals surface area contributed by atoms with E-state index in [9.17, 15) is 0 Å². The van der Waals surface area contributed by atoms with Crippen LogP contribution in [0, 0.1) is 5.41 Å². The maximum Gasteiger partial charge on any atom is 0.227 e. The number of rotatable bonds is 3.